The van der Waals surface area contributed by atoms with E-state index in [1.807, 2.05) is 19.0 Å². The van der Waals surface area contributed by atoms with E-state index in [0.717, 1.165) is 35.9 Å². The summed E-state index contributed by atoms with van der Waals surface area (Å²) in [6.45, 7) is 2.20. The van der Waals surface area contributed by atoms with Crippen LogP contribution in [0.3, 0.4) is 0 Å². The molecular formula is C17H28N4O3S. The van der Waals surface area contributed by atoms with E-state index in [1.165, 1.54) is 26.6 Å². The molecule has 25 heavy (non-hydrogen) atoms. The molecule has 1 saturated heterocycles. The first-order chi connectivity index (χ1) is 11.7. The van der Waals surface area contributed by atoms with Crippen LogP contribution < -0.4 is 10.2 Å². The van der Waals surface area contributed by atoms with E-state index in [2.05, 4.69) is 10.2 Å². The monoisotopic (exact) mass is 368 g/mol. The maximum atomic E-state index is 12.4. The zero-order chi connectivity index (χ0) is 18.6. The molecule has 2 rings (SSSR count). The summed E-state index contributed by atoms with van der Waals surface area (Å²) < 4.78 is 25.9. The molecular weight excluding hydrogens is 340 g/mol. The Balaban J connectivity index is 2.23. The number of sulfonamides is 1. The van der Waals surface area contributed by atoms with Crippen molar-refractivity contribution in [2.24, 2.45) is 0 Å². The van der Waals surface area contributed by atoms with Gasteiger partial charge in [-0.25, -0.2) is 12.7 Å². The van der Waals surface area contributed by atoms with Gasteiger partial charge in [-0.15, -0.1) is 0 Å². The highest BCUT2D eigenvalue weighted by Crippen LogP contribution is 2.28. The van der Waals surface area contributed by atoms with E-state index in [0.29, 0.717) is 12.2 Å². The normalized spacial score (nSPS) is 16.0. The predicted molar refractivity (Wildman–Crippen MR) is 101 cm³/mol. The standard InChI is InChI=1S/C17H28N4O3S/c1-19(2)16-9-8-14(25(23,24)20(3)4)12-15(16)18-17(22)13-21-10-6-5-7-11-21/h8-9,12H,5-7,10-11,13H2,1-4H3,(H,18,22). The molecule has 1 heterocycles. The van der Waals surface area contributed by atoms with Crippen molar-refractivity contribution in [2.45, 2.75) is 24.2 Å². The number of rotatable bonds is 6. The number of amides is 1. The molecule has 1 amide bonds. The largest absolute Gasteiger partial charge is 0.376 e. The Kier molecular flexibility index (Phi) is 6.42. The number of benzene rings is 1. The summed E-state index contributed by atoms with van der Waals surface area (Å²) in [6.07, 6.45) is 3.45. The lowest BCUT2D eigenvalue weighted by Crippen LogP contribution is -2.37. The Hall–Kier alpha value is -1.64. The van der Waals surface area contributed by atoms with Crippen molar-refractivity contribution in [3.63, 3.8) is 0 Å². The molecule has 1 aromatic rings. The third kappa shape index (κ3) is 4.93. The van der Waals surface area contributed by atoms with Gasteiger partial charge in [0, 0.05) is 28.2 Å². The lowest BCUT2D eigenvalue weighted by Gasteiger charge is -2.26. The van der Waals surface area contributed by atoms with Crippen LogP contribution in [-0.4, -0.2) is 71.4 Å². The van der Waals surface area contributed by atoms with E-state index >= 15 is 0 Å². The summed E-state index contributed by atoms with van der Waals surface area (Å²) >= 11 is 0. The first-order valence-electron chi connectivity index (χ1n) is 8.48. The average Bonchev–Trinajstić information content (AvgIpc) is 2.55. The SMILES string of the molecule is CN(C)c1ccc(S(=O)(=O)N(C)C)cc1NC(=O)CN1CCCCC1. The van der Waals surface area contributed by atoms with Crippen molar-refractivity contribution in [3.05, 3.63) is 18.2 Å². The van der Waals surface area contributed by atoms with Gasteiger partial charge < -0.3 is 10.2 Å². The second-order valence-corrected chi connectivity index (χ2v) is 8.90. The molecule has 7 nitrogen and oxygen atoms in total. The zero-order valence-electron chi connectivity index (χ0n) is 15.4. The third-order valence-electron chi connectivity index (χ3n) is 4.32. The van der Waals surface area contributed by atoms with Crippen LogP contribution in [-0.2, 0) is 14.8 Å². The van der Waals surface area contributed by atoms with Gasteiger partial charge in [-0.3, -0.25) is 9.69 Å². The average molecular weight is 369 g/mol. The van der Waals surface area contributed by atoms with Gasteiger partial charge in [-0.05, 0) is 44.1 Å². The van der Waals surface area contributed by atoms with Crippen LogP contribution in [0, 0.1) is 0 Å². The molecule has 0 unspecified atom stereocenters. The van der Waals surface area contributed by atoms with Gasteiger partial charge in [0.2, 0.25) is 15.9 Å². The number of nitrogens with one attached hydrogen (secondary N) is 1. The fourth-order valence-corrected chi connectivity index (χ4v) is 3.82. The smallest absolute Gasteiger partial charge is 0.242 e. The number of carbonyl (C=O) groups is 1. The number of nitrogens with zero attached hydrogens (tertiary/aromatic N) is 3. The minimum atomic E-state index is -3.55. The number of hydrogen-bond acceptors (Lipinski definition) is 5. The molecule has 1 fully saturated rings. The lowest BCUT2D eigenvalue weighted by molar-refractivity contribution is -0.117. The topological polar surface area (TPSA) is 73.0 Å². The second-order valence-electron chi connectivity index (χ2n) is 6.75. The highest BCUT2D eigenvalue weighted by molar-refractivity contribution is 7.89. The Morgan fingerprint density at radius 1 is 1.12 bits per heavy atom. The van der Waals surface area contributed by atoms with Gasteiger partial charge in [0.1, 0.15) is 0 Å². The molecule has 1 aliphatic heterocycles. The Labute approximate surface area is 150 Å². The summed E-state index contributed by atoms with van der Waals surface area (Å²) in [5, 5.41) is 2.89. The highest BCUT2D eigenvalue weighted by atomic mass is 32.2. The summed E-state index contributed by atoms with van der Waals surface area (Å²) in [6, 6.07) is 4.80. The minimum Gasteiger partial charge on any atom is -0.376 e. The van der Waals surface area contributed by atoms with Crippen LogP contribution in [0.25, 0.3) is 0 Å². The van der Waals surface area contributed by atoms with Crippen LogP contribution in [0.1, 0.15) is 19.3 Å². The van der Waals surface area contributed by atoms with Gasteiger partial charge in [0.25, 0.3) is 0 Å². The van der Waals surface area contributed by atoms with Crippen LogP contribution in [0.15, 0.2) is 23.1 Å². The maximum Gasteiger partial charge on any atom is 0.242 e. The van der Waals surface area contributed by atoms with Crippen molar-refractivity contribution in [2.75, 3.05) is 58.0 Å². The van der Waals surface area contributed by atoms with E-state index in [1.54, 1.807) is 12.1 Å². The first kappa shape index (κ1) is 19.7. The fourth-order valence-electron chi connectivity index (χ4n) is 2.89. The van der Waals surface area contributed by atoms with Gasteiger partial charge >= 0.3 is 0 Å². The molecule has 0 atom stereocenters. The first-order valence-corrected chi connectivity index (χ1v) is 9.92. The van der Waals surface area contributed by atoms with Gasteiger partial charge in [0.05, 0.1) is 22.8 Å². The molecule has 1 aromatic carbocycles. The van der Waals surface area contributed by atoms with E-state index < -0.39 is 10.0 Å². The van der Waals surface area contributed by atoms with Gasteiger partial charge in [-0.2, -0.15) is 0 Å². The molecule has 0 aromatic heterocycles. The molecule has 8 heteroatoms. The molecule has 1 N–H and O–H groups in total. The summed E-state index contributed by atoms with van der Waals surface area (Å²) in [4.78, 5) is 16.6. The summed E-state index contributed by atoms with van der Waals surface area (Å²) in [5.74, 6) is -0.121. The number of hydrogen-bond donors (Lipinski definition) is 1. The van der Waals surface area contributed by atoms with Crippen molar-refractivity contribution in [1.29, 1.82) is 0 Å². The van der Waals surface area contributed by atoms with Crippen molar-refractivity contribution in [1.82, 2.24) is 9.21 Å². The molecule has 0 radical (unpaired) electrons. The molecule has 0 saturated carbocycles. The Morgan fingerprint density at radius 3 is 2.32 bits per heavy atom. The van der Waals surface area contributed by atoms with Crippen molar-refractivity contribution in [3.8, 4) is 0 Å². The lowest BCUT2D eigenvalue weighted by atomic mass is 10.1. The predicted octanol–water partition coefficient (Wildman–Crippen LogP) is 1.43. The number of carbonyl (C=O) groups excluding carboxylic acids is 1. The van der Waals surface area contributed by atoms with Crippen LogP contribution >= 0.6 is 0 Å². The van der Waals surface area contributed by atoms with Crippen LogP contribution in [0.2, 0.25) is 0 Å². The Bertz CT molecular complexity index is 711. The quantitative estimate of drug-likeness (QED) is 0.822. The van der Waals surface area contributed by atoms with Crippen LogP contribution in [0.4, 0.5) is 11.4 Å². The summed E-state index contributed by atoms with van der Waals surface area (Å²) in [5.41, 5.74) is 1.28. The van der Waals surface area contributed by atoms with E-state index in [9.17, 15) is 13.2 Å². The molecule has 1 aliphatic rings. The van der Waals surface area contributed by atoms with Crippen molar-refractivity contribution >= 4 is 27.3 Å². The molecule has 0 aliphatic carbocycles. The van der Waals surface area contributed by atoms with E-state index in [-0.39, 0.29) is 10.8 Å². The number of anilines is 2. The molecule has 0 spiro atoms. The molecule has 140 valence electrons. The maximum absolute atomic E-state index is 12.4. The molecule has 0 bridgehead atoms. The van der Waals surface area contributed by atoms with Crippen molar-refractivity contribution < 1.29 is 13.2 Å². The summed E-state index contributed by atoms with van der Waals surface area (Å²) in [7, 11) is 3.14. The van der Waals surface area contributed by atoms with Crippen LogP contribution in [0.5, 0.6) is 0 Å². The third-order valence-corrected chi connectivity index (χ3v) is 6.13. The second kappa shape index (κ2) is 8.16. The number of piperidine rings is 1. The number of likely N-dealkylation sites (tertiary alicyclic amines) is 1. The zero-order valence-corrected chi connectivity index (χ0v) is 16.3. The Morgan fingerprint density at radius 2 is 1.76 bits per heavy atom. The van der Waals surface area contributed by atoms with Gasteiger partial charge in [-0.1, -0.05) is 6.42 Å². The fraction of sp³-hybridized carbons (Fsp3) is 0.588. The van der Waals surface area contributed by atoms with Gasteiger partial charge in [0.15, 0.2) is 0 Å². The van der Waals surface area contributed by atoms with E-state index in [4.69, 9.17) is 0 Å². The highest BCUT2D eigenvalue weighted by Gasteiger charge is 2.21. The minimum absolute atomic E-state index is 0.121.